The van der Waals surface area contributed by atoms with Crippen molar-refractivity contribution in [3.8, 4) is 0 Å². The molecule has 0 aliphatic heterocycles. The number of hydrogen-bond donors (Lipinski definition) is 0. The molecule has 1 atom stereocenters. The number of hydrogen-bond acceptors (Lipinski definition) is 5. The van der Waals surface area contributed by atoms with E-state index in [4.69, 9.17) is 14.2 Å². The molecule has 5 heteroatoms. The van der Waals surface area contributed by atoms with Gasteiger partial charge in [0.1, 0.15) is 6.61 Å². The molecule has 0 aromatic carbocycles. The van der Waals surface area contributed by atoms with E-state index >= 15 is 0 Å². The summed E-state index contributed by atoms with van der Waals surface area (Å²) in [6.07, 6.45) is 76.3. The maximum atomic E-state index is 12.9. The van der Waals surface area contributed by atoms with Crippen molar-refractivity contribution < 1.29 is 23.8 Å². The van der Waals surface area contributed by atoms with Crippen LogP contribution in [0, 0.1) is 0 Å². The Hall–Kier alpha value is -2.66. The Morgan fingerprint density at radius 3 is 1.09 bits per heavy atom. The van der Waals surface area contributed by atoms with Crippen LogP contribution in [-0.2, 0) is 23.8 Å². The second-order valence-electron chi connectivity index (χ2n) is 19.5. The van der Waals surface area contributed by atoms with Crippen LogP contribution in [0.5, 0.6) is 0 Å². The van der Waals surface area contributed by atoms with Crippen LogP contribution in [0.15, 0.2) is 72.9 Å². The quantitative estimate of drug-likeness (QED) is 0.0345. The molecular formula is C63H112O5. The average Bonchev–Trinajstić information content (AvgIpc) is 3.34. The zero-order valence-corrected chi connectivity index (χ0v) is 45.4. The van der Waals surface area contributed by atoms with Crippen molar-refractivity contribution in [3.05, 3.63) is 72.9 Å². The molecule has 1 unspecified atom stereocenters. The van der Waals surface area contributed by atoms with Gasteiger partial charge in [-0.2, -0.15) is 0 Å². The third-order valence-electron chi connectivity index (χ3n) is 12.7. The fourth-order valence-electron chi connectivity index (χ4n) is 8.32. The highest BCUT2D eigenvalue weighted by Crippen LogP contribution is 2.15. The third kappa shape index (κ3) is 55.9. The fraction of sp³-hybridized carbons (Fsp3) is 0.778. The molecule has 0 N–H and O–H groups in total. The first kappa shape index (κ1) is 65.3. The molecule has 0 saturated carbocycles. The van der Waals surface area contributed by atoms with Crippen molar-refractivity contribution >= 4 is 11.9 Å². The van der Waals surface area contributed by atoms with Crippen LogP contribution < -0.4 is 0 Å². The molecular weight excluding hydrogens is 837 g/mol. The van der Waals surface area contributed by atoms with Gasteiger partial charge in [-0.25, -0.2) is 0 Å². The molecule has 0 fully saturated rings. The van der Waals surface area contributed by atoms with Gasteiger partial charge in [-0.3, -0.25) is 9.59 Å². The van der Waals surface area contributed by atoms with E-state index in [9.17, 15) is 9.59 Å². The molecule has 0 rings (SSSR count). The van der Waals surface area contributed by atoms with Gasteiger partial charge < -0.3 is 14.2 Å². The summed E-state index contributed by atoms with van der Waals surface area (Å²) in [5.41, 5.74) is 0. The third-order valence-corrected chi connectivity index (χ3v) is 12.7. The predicted molar refractivity (Wildman–Crippen MR) is 297 cm³/mol. The Morgan fingerprint density at radius 1 is 0.338 bits per heavy atom. The summed E-state index contributed by atoms with van der Waals surface area (Å²) >= 11 is 0. The first-order chi connectivity index (χ1) is 33.6. The maximum Gasteiger partial charge on any atom is 0.306 e. The summed E-state index contributed by atoms with van der Waals surface area (Å²) in [6.45, 7) is 7.70. The Morgan fingerprint density at radius 2 is 0.662 bits per heavy atom. The van der Waals surface area contributed by atoms with Gasteiger partial charge in [0, 0.05) is 19.4 Å². The summed E-state index contributed by atoms with van der Waals surface area (Å²) in [6, 6.07) is 0. The highest BCUT2D eigenvalue weighted by Gasteiger charge is 2.17. The zero-order valence-electron chi connectivity index (χ0n) is 45.4. The number of ether oxygens (including phenoxy) is 3. The summed E-state index contributed by atoms with van der Waals surface area (Å²) in [4.78, 5) is 25.5. The highest BCUT2D eigenvalue weighted by atomic mass is 16.6. The Bertz CT molecular complexity index is 1210. The Labute approximate surface area is 423 Å². The van der Waals surface area contributed by atoms with Crippen LogP contribution in [0.3, 0.4) is 0 Å². The van der Waals surface area contributed by atoms with Crippen LogP contribution in [0.2, 0.25) is 0 Å². The van der Waals surface area contributed by atoms with Gasteiger partial charge in [0.05, 0.1) is 6.61 Å². The van der Waals surface area contributed by atoms with Crippen molar-refractivity contribution in [2.75, 3.05) is 19.8 Å². The molecule has 0 saturated heterocycles. The molecule has 0 aromatic heterocycles. The van der Waals surface area contributed by atoms with Crippen molar-refractivity contribution in [3.63, 3.8) is 0 Å². The van der Waals surface area contributed by atoms with Crippen LogP contribution >= 0.6 is 0 Å². The molecule has 0 heterocycles. The van der Waals surface area contributed by atoms with E-state index in [1.807, 2.05) is 0 Å². The first-order valence-electron chi connectivity index (χ1n) is 29.5. The maximum absolute atomic E-state index is 12.9. The monoisotopic (exact) mass is 949 g/mol. The lowest BCUT2D eigenvalue weighted by molar-refractivity contribution is -0.163. The lowest BCUT2D eigenvalue weighted by Crippen LogP contribution is -2.30. The Balaban J connectivity index is 4.28. The topological polar surface area (TPSA) is 61.8 Å². The standard InChI is InChI=1S/C63H112O5/c1-4-7-10-13-16-19-22-25-28-30-32-34-36-38-41-44-47-50-53-56-62(64)67-60-61(59-66-58-55-52-49-46-43-40-27-24-21-18-15-12-9-6-3)68-63(65)57-54-51-48-45-42-39-37-35-33-31-29-26-23-20-17-14-11-8-5-2/h7,10,16,19,21,24-26,28-29,32,34,61H,4-6,8-9,11-15,17-18,20,22-23,27,30-31,33,35-60H2,1-3H3/b10-7-,19-16-,24-21-,28-25-,29-26-,34-32-. The minimum Gasteiger partial charge on any atom is -0.462 e. The molecule has 0 aliphatic carbocycles. The minimum absolute atomic E-state index is 0.0739. The largest absolute Gasteiger partial charge is 0.462 e. The average molecular weight is 950 g/mol. The molecule has 5 nitrogen and oxygen atoms in total. The molecule has 0 aliphatic rings. The number of allylic oxidation sites excluding steroid dienone is 12. The summed E-state index contributed by atoms with van der Waals surface area (Å²) in [5, 5.41) is 0. The first-order valence-corrected chi connectivity index (χ1v) is 29.5. The lowest BCUT2D eigenvalue weighted by atomic mass is 10.1. The van der Waals surface area contributed by atoms with Crippen molar-refractivity contribution in [1.29, 1.82) is 0 Å². The van der Waals surface area contributed by atoms with E-state index in [0.29, 0.717) is 19.4 Å². The molecule has 0 aromatic rings. The second kappa shape index (κ2) is 58.7. The van der Waals surface area contributed by atoms with Gasteiger partial charge in [0.2, 0.25) is 0 Å². The number of unbranched alkanes of at least 4 members (excludes halogenated alkanes) is 31. The predicted octanol–water partition coefficient (Wildman–Crippen LogP) is 20.2. The molecule has 0 amide bonds. The minimum atomic E-state index is -0.549. The summed E-state index contributed by atoms with van der Waals surface area (Å²) < 4.78 is 17.5. The van der Waals surface area contributed by atoms with Crippen molar-refractivity contribution in [2.24, 2.45) is 0 Å². The molecule has 68 heavy (non-hydrogen) atoms. The molecule has 0 spiro atoms. The zero-order chi connectivity index (χ0) is 49.2. The van der Waals surface area contributed by atoms with E-state index in [0.717, 1.165) is 77.0 Å². The van der Waals surface area contributed by atoms with Crippen LogP contribution in [0.4, 0.5) is 0 Å². The van der Waals surface area contributed by atoms with Gasteiger partial charge >= 0.3 is 11.9 Å². The SMILES string of the molecule is CC/C=C\C/C=C\C/C=C\C/C=C\CCCCCCCCC(=O)OCC(COCCCCCCCC/C=C\CCCCCC)OC(=O)CCCCCCCCCCC/C=C\CCCCCCCC. The molecule has 0 bridgehead atoms. The highest BCUT2D eigenvalue weighted by molar-refractivity contribution is 5.70. The van der Waals surface area contributed by atoms with E-state index < -0.39 is 6.10 Å². The van der Waals surface area contributed by atoms with E-state index in [1.165, 1.54) is 180 Å². The normalized spacial score (nSPS) is 12.7. The van der Waals surface area contributed by atoms with Crippen LogP contribution in [-0.4, -0.2) is 37.9 Å². The van der Waals surface area contributed by atoms with Crippen LogP contribution in [0.25, 0.3) is 0 Å². The van der Waals surface area contributed by atoms with Gasteiger partial charge in [-0.05, 0) is 109 Å². The van der Waals surface area contributed by atoms with Crippen LogP contribution in [0.1, 0.15) is 290 Å². The smallest absolute Gasteiger partial charge is 0.306 e. The summed E-state index contributed by atoms with van der Waals surface area (Å²) in [5.74, 6) is -0.410. The van der Waals surface area contributed by atoms with E-state index in [-0.39, 0.29) is 25.2 Å². The lowest BCUT2D eigenvalue weighted by Gasteiger charge is -2.18. The van der Waals surface area contributed by atoms with Gasteiger partial charge in [0.15, 0.2) is 6.10 Å². The van der Waals surface area contributed by atoms with Crippen molar-refractivity contribution in [2.45, 2.75) is 297 Å². The molecule has 394 valence electrons. The number of carbonyl (C=O) groups is 2. The van der Waals surface area contributed by atoms with Crippen molar-refractivity contribution in [1.82, 2.24) is 0 Å². The van der Waals surface area contributed by atoms with E-state index in [1.54, 1.807) is 0 Å². The van der Waals surface area contributed by atoms with Gasteiger partial charge in [0.25, 0.3) is 0 Å². The summed E-state index contributed by atoms with van der Waals surface area (Å²) in [7, 11) is 0. The number of rotatable bonds is 54. The Kier molecular flexibility index (Phi) is 56.4. The number of carbonyl (C=O) groups excluding carboxylic acids is 2. The molecule has 0 radical (unpaired) electrons. The fourth-order valence-corrected chi connectivity index (χ4v) is 8.32. The van der Waals surface area contributed by atoms with Gasteiger partial charge in [-0.1, -0.05) is 241 Å². The second-order valence-corrected chi connectivity index (χ2v) is 19.5. The van der Waals surface area contributed by atoms with E-state index in [2.05, 4.69) is 93.7 Å². The number of esters is 2. The van der Waals surface area contributed by atoms with Gasteiger partial charge in [-0.15, -0.1) is 0 Å².